The standard InChI is InChI=1S/C6H8O7.Na.2H2.H/c7-3(8)1-6(13,5(11)12)2-4(9)10;;;;/h13H,1-2H2,(H,7,8)(H,9,10)(H,11,12);;2*1H;/q;+1;;;-1. The topological polar surface area (TPSA) is 132 Å². The number of rotatable bonds is 5. The van der Waals surface area contributed by atoms with Crippen molar-refractivity contribution in [3.05, 3.63) is 0 Å². The van der Waals surface area contributed by atoms with E-state index in [1.54, 1.807) is 0 Å². The zero-order valence-corrected chi connectivity index (χ0v) is 9.43. The van der Waals surface area contributed by atoms with Crippen LogP contribution in [-0.2, 0) is 14.4 Å². The number of hydrogen-bond acceptors (Lipinski definition) is 4. The van der Waals surface area contributed by atoms with E-state index in [2.05, 4.69) is 0 Å². The molecule has 0 saturated carbocycles. The van der Waals surface area contributed by atoms with E-state index in [1.807, 2.05) is 0 Å². The third-order valence-electron chi connectivity index (χ3n) is 1.29. The number of aliphatic hydroxyl groups is 1. The summed E-state index contributed by atoms with van der Waals surface area (Å²) in [6.07, 6.45) is -2.29. The van der Waals surface area contributed by atoms with Gasteiger partial charge in [0, 0.05) is 2.85 Å². The van der Waals surface area contributed by atoms with Crippen molar-refractivity contribution >= 4 is 17.9 Å². The fraction of sp³-hybridized carbons (Fsp3) is 0.500. The molecule has 0 radical (unpaired) electrons. The number of carbonyl (C=O) groups is 3. The average molecular weight is 220 g/mol. The summed E-state index contributed by atoms with van der Waals surface area (Å²) < 4.78 is 0. The molecule has 0 aromatic carbocycles. The fourth-order valence-corrected chi connectivity index (χ4v) is 0.714. The van der Waals surface area contributed by atoms with Gasteiger partial charge in [0.1, 0.15) is 0 Å². The van der Waals surface area contributed by atoms with Gasteiger partial charge >= 0.3 is 47.5 Å². The van der Waals surface area contributed by atoms with E-state index in [9.17, 15) is 14.4 Å². The fourth-order valence-electron chi connectivity index (χ4n) is 0.714. The molecule has 80 valence electrons. The van der Waals surface area contributed by atoms with Crippen molar-refractivity contribution in [2.75, 3.05) is 0 Å². The van der Waals surface area contributed by atoms with Gasteiger partial charge in [-0.2, -0.15) is 0 Å². The van der Waals surface area contributed by atoms with E-state index in [-0.39, 0.29) is 33.8 Å². The van der Waals surface area contributed by atoms with Crippen molar-refractivity contribution in [2.45, 2.75) is 18.4 Å². The number of hydrogen-bond donors (Lipinski definition) is 4. The second-order valence-electron chi connectivity index (χ2n) is 2.48. The molecule has 0 aliphatic rings. The minimum Gasteiger partial charge on any atom is -1.00 e. The molecule has 7 nitrogen and oxygen atoms in total. The summed E-state index contributed by atoms with van der Waals surface area (Å²) in [5.74, 6) is -5.02. The van der Waals surface area contributed by atoms with Crippen LogP contribution in [0.1, 0.15) is 17.1 Å². The van der Waals surface area contributed by atoms with E-state index in [4.69, 9.17) is 20.4 Å². The van der Waals surface area contributed by atoms with Crippen LogP contribution in [-0.4, -0.2) is 43.9 Å². The molecule has 0 fully saturated rings. The van der Waals surface area contributed by atoms with Crippen LogP contribution in [0.5, 0.6) is 0 Å². The van der Waals surface area contributed by atoms with E-state index in [0.29, 0.717) is 0 Å². The molecule has 0 atom stereocenters. The predicted molar refractivity (Wildman–Crippen MR) is 42.4 cm³/mol. The first-order valence-corrected chi connectivity index (χ1v) is 3.17. The van der Waals surface area contributed by atoms with Crippen molar-refractivity contribution in [1.29, 1.82) is 0 Å². The summed E-state index contributed by atoms with van der Waals surface area (Å²) in [5.41, 5.74) is -2.74. The smallest absolute Gasteiger partial charge is 1.00 e. The quantitative estimate of drug-likeness (QED) is 0.351. The third-order valence-corrected chi connectivity index (χ3v) is 1.29. The summed E-state index contributed by atoms with van der Waals surface area (Å²) in [7, 11) is 0. The van der Waals surface area contributed by atoms with Gasteiger partial charge in [-0.15, -0.1) is 0 Å². The number of carboxylic acids is 3. The molecule has 0 aromatic heterocycles. The van der Waals surface area contributed by atoms with Gasteiger partial charge in [-0.1, -0.05) is 0 Å². The van der Waals surface area contributed by atoms with Crippen LogP contribution >= 0.6 is 0 Å². The van der Waals surface area contributed by atoms with Crippen molar-refractivity contribution in [2.24, 2.45) is 0 Å². The Morgan fingerprint density at radius 2 is 1.36 bits per heavy atom. The Labute approximate surface area is 105 Å². The van der Waals surface area contributed by atoms with E-state index in [0.717, 1.165) is 0 Å². The van der Waals surface area contributed by atoms with E-state index in [1.165, 1.54) is 0 Å². The average Bonchev–Trinajstić information content (AvgIpc) is 1.82. The predicted octanol–water partition coefficient (Wildman–Crippen LogP) is -3.64. The molecule has 4 N–H and O–H groups in total. The van der Waals surface area contributed by atoms with Crippen LogP contribution in [0.15, 0.2) is 0 Å². The van der Waals surface area contributed by atoms with Crippen molar-refractivity contribution in [3.8, 4) is 0 Å². The normalized spacial score (nSPS) is 10.1. The van der Waals surface area contributed by atoms with Crippen LogP contribution < -0.4 is 29.6 Å². The Hall–Kier alpha value is -0.630. The van der Waals surface area contributed by atoms with Gasteiger partial charge in [0.15, 0.2) is 5.60 Å². The minimum absolute atomic E-state index is 0. The Balaban J connectivity index is -0.000000120. The molecule has 14 heavy (non-hydrogen) atoms. The zero-order valence-electron chi connectivity index (χ0n) is 8.43. The minimum atomic E-state index is -2.74. The summed E-state index contributed by atoms with van der Waals surface area (Å²) >= 11 is 0. The van der Waals surface area contributed by atoms with Gasteiger partial charge in [0.2, 0.25) is 0 Å². The van der Waals surface area contributed by atoms with Crippen LogP contribution in [0, 0.1) is 0 Å². The zero-order chi connectivity index (χ0) is 10.6. The van der Waals surface area contributed by atoms with Gasteiger partial charge in [0.25, 0.3) is 0 Å². The maximum atomic E-state index is 10.3. The Bertz CT molecular complexity index is 244. The summed E-state index contributed by atoms with van der Waals surface area (Å²) in [6, 6.07) is 0. The van der Waals surface area contributed by atoms with Crippen LogP contribution in [0.3, 0.4) is 0 Å². The molecular weight excluding hydrogens is 207 g/mol. The van der Waals surface area contributed by atoms with Crippen LogP contribution in [0.2, 0.25) is 0 Å². The van der Waals surface area contributed by atoms with Crippen molar-refractivity contribution in [3.63, 3.8) is 0 Å². The molecule has 0 amide bonds. The second kappa shape index (κ2) is 5.97. The van der Waals surface area contributed by atoms with Gasteiger partial charge in [-0.25, -0.2) is 4.79 Å². The molecule has 0 bridgehead atoms. The van der Waals surface area contributed by atoms with Crippen molar-refractivity contribution in [1.82, 2.24) is 0 Å². The number of carboxylic acid groups (broad SMARTS) is 3. The molecule has 0 aliphatic heterocycles. The maximum absolute atomic E-state index is 10.3. The first kappa shape index (κ1) is 15.8. The van der Waals surface area contributed by atoms with Crippen LogP contribution in [0.25, 0.3) is 0 Å². The Morgan fingerprint density at radius 3 is 1.50 bits per heavy atom. The Kier molecular flexibility index (Phi) is 6.75. The Morgan fingerprint density at radius 1 is 1.07 bits per heavy atom. The molecule has 0 rings (SSSR count). The third kappa shape index (κ3) is 5.18. The first-order valence-electron chi connectivity index (χ1n) is 3.17. The molecular formula is C6H13NaO7. The van der Waals surface area contributed by atoms with Crippen LogP contribution in [0.4, 0.5) is 0 Å². The number of aliphatic carboxylic acids is 3. The van der Waals surface area contributed by atoms with E-state index >= 15 is 0 Å². The van der Waals surface area contributed by atoms with E-state index < -0.39 is 36.4 Å². The summed E-state index contributed by atoms with van der Waals surface area (Å²) in [5, 5.41) is 33.8. The monoisotopic (exact) mass is 220 g/mol. The van der Waals surface area contributed by atoms with Crippen molar-refractivity contribution < 1.29 is 68.6 Å². The molecule has 0 heterocycles. The second-order valence-corrected chi connectivity index (χ2v) is 2.48. The molecule has 8 heteroatoms. The molecule has 0 aliphatic carbocycles. The molecule has 0 saturated heterocycles. The van der Waals surface area contributed by atoms with Gasteiger partial charge in [-0.05, 0) is 0 Å². The molecule has 0 aromatic rings. The first-order chi connectivity index (χ1) is 5.78. The van der Waals surface area contributed by atoms with Gasteiger partial charge in [-0.3, -0.25) is 9.59 Å². The van der Waals surface area contributed by atoms with Gasteiger partial charge < -0.3 is 21.9 Å². The SMILES string of the molecule is O=C(O)CC(O)(CC(=O)O)C(=O)O.[H-].[HH].[HH].[Na+]. The summed E-state index contributed by atoms with van der Waals surface area (Å²) in [4.78, 5) is 30.5. The summed E-state index contributed by atoms with van der Waals surface area (Å²) in [6.45, 7) is 0. The molecule has 0 unspecified atom stereocenters. The molecule has 0 spiro atoms. The largest absolute Gasteiger partial charge is 1.00 e. The van der Waals surface area contributed by atoms with Gasteiger partial charge in [0.05, 0.1) is 12.8 Å². The maximum Gasteiger partial charge on any atom is 1.00 e.